The number of amides is 1. The number of carbonyl (C=O) groups is 2. The second-order valence-corrected chi connectivity index (χ2v) is 7.24. The van der Waals surface area contributed by atoms with E-state index >= 15 is 0 Å². The summed E-state index contributed by atoms with van der Waals surface area (Å²) in [6.45, 7) is 3.74. The molecule has 0 aromatic carbocycles. The van der Waals surface area contributed by atoms with Crippen molar-refractivity contribution in [2.45, 2.75) is 51.7 Å². The van der Waals surface area contributed by atoms with E-state index in [2.05, 4.69) is 12.2 Å². The number of esters is 1. The Hall–Kier alpha value is -1.07. The molecule has 1 amide bonds. The summed E-state index contributed by atoms with van der Waals surface area (Å²) in [5.41, 5.74) is 0. The number of ether oxygens (including phenoxy) is 1. The number of nitrogens with one attached hydrogen (secondary N) is 1. The zero-order valence-electron chi connectivity index (χ0n) is 12.2. The van der Waals surface area contributed by atoms with Crippen LogP contribution in [-0.2, 0) is 9.53 Å². The molecule has 0 unspecified atom stereocenters. The minimum Gasteiger partial charge on any atom is -0.448 e. The van der Waals surface area contributed by atoms with Gasteiger partial charge in [-0.25, -0.2) is 4.79 Å². The highest BCUT2D eigenvalue weighted by Crippen LogP contribution is 2.24. The highest BCUT2D eigenvalue weighted by Gasteiger charge is 2.26. The van der Waals surface area contributed by atoms with Crippen molar-refractivity contribution in [2.75, 3.05) is 0 Å². The predicted octanol–water partition coefficient (Wildman–Crippen LogP) is 3.64. The Morgan fingerprint density at radius 1 is 1.38 bits per heavy atom. The lowest BCUT2D eigenvalue weighted by Crippen LogP contribution is -2.45. The van der Waals surface area contributed by atoms with Crippen LogP contribution in [0.1, 0.15) is 49.2 Å². The van der Waals surface area contributed by atoms with Gasteiger partial charge in [0, 0.05) is 6.04 Å². The van der Waals surface area contributed by atoms with Gasteiger partial charge in [-0.15, -0.1) is 11.3 Å². The van der Waals surface area contributed by atoms with Crippen LogP contribution in [0.5, 0.6) is 0 Å². The molecule has 1 saturated carbocycles. The molecule has 1 heterocycles. The van der Waals surface area contributed by atoms with E-state index in [1.165, 1.54) is 6.42 Å². The Bertz CT molecular complexity index is 517. The maximum Gasteiger partial charge on any atom is 0.349 e. The van der Waals surface area contributed by atoms with Crippen molar-refractivity contribution in [2.24, 2.45) is 5.92 Å². The smallest absolute Gasteiger partial charge is 0.349 e. The minimum absolute atomic E-state index is 0.184. The third-order valence-corrected chi connectivity index (χ3v) is 5.08. The van der Waals surface area contributed by atoms with E-state index in [9.17, 15) is 9.59 Å². The van der Waals surface area contributed by atoms with Gasteiger partial charge in [0.2, 0.25) is 0 Å². The van der Waals surface area contributed by atoms with Gasteiger partial charge in [-0.3, -0.25) is 4.79 Å². The topological polar surface area (TPSA) is 55.4 Å². The summed E-state index contributed by atoms with van der Waals surface area (Å²) in [6, 6.07) is 3.42. The Kier molecular flexibility index (Phi) is 5.65. The molecule has 0 bridgehead atoms. The Morgan fingerprint density at radius 2 is 2.10 bits per heavy atom. The lowest BCUT2D eigenvalue weighted by molar-refractivity contribution is -0.130. The van der Waals surface area contributed by atoms with Gasteiger partial charge in [0.05, 0.1) is 4.34 Å². The number of rotatable bonds is 4. The van der Waals surface area contributed by atoms with Gasteiger partial charge in [0.1, 0.15) is 4.88 Å². The summed E-state index contributed by atoms with van der Waals surface area (Å²) in [6.07, 6.45) is 3.68. The molecule has 6 heteroatoms. The molecule has 0 radical (unpaired) electrons. The van der Waals surface area contributed by atoms with Crippen molar-refractivity contribution in [3.05, 3.63) is 21.3 Å². The molecule has 0 aliphatic heterocycles. The highest BCUT2D eigenvalue weighted by atomic mass is 35.5. The van der Waals surface area contributed by atoms with Gasteiger partial charge in [-0.05, 0) is 37.8 Å². The van der Waals surface area contributed by atoms with Crippen molar-refractivity contribution in [3.8, 4) is 0 Å². The van der Waals surface area contributed by atoms with Crippen molar-refractivity contribution in [1.29, 1.82) is 0 Å². The number of hydrogen-bond donors (Lipinski definition) is 1. The van der Waals surface area contributed by atoms with Gasteiger partial charge in [-0.1, -0.05) is 31.4 Å². The van der Waals surface area contributed by atoms with E-state index in [-0.39, 0.29) is 11.9 Å². The molecular weight excluding hydrogens is 310 g/mol. The lowest BCUT2D eigenvalue weighted by Gasteiger charge is -2.30. The average molecular weight is 330 g/mol. The summed E-state index contributed by atoms with van der Waals surface area (Å²) in [5, 5.41) is 2.99. The molecule has 21 heavy (non-hydrogen) atoms. The molecule has 1 aliphatic carbocycles. The van der Waals surface area contributed by atoms with E-state index in [0.717, 1.165) is 30.6 Å². The maximum absolute atomic E-state index is 12.1. The third kappa shape index (κ3) is 4.45. The first-order valence-electron chi connectivity index (χ1n) is 7.24. The van der Waals surface area contributed by atoms with E-state index in [1.54, 1.807) is 19.1 Å². The fraction of sp³-hybridized carbons (Fsp3) is 0.600. The maximum atomic E-state index is 12.1. The molecule has 116 valence electrons. The van der Waals surface area contributed by atoms with Crippen LogP contribution >= 0.6 is 22.9 Å². The van der Waals surface area contributed by atoms with E-state index in [0.29, 0.717) is 15.1 Å². The van der Waals surface area contributed by atoms with Crippen molar-refractivity contribution < 1.29 is 14.3 Å². The molecular formula is C15H20ClNO3S. The van der Waals surface area contributed by atoms with Gasteiger partial charge >= 0.3 is 5.97 Å². The van der Waals surface area contributed by atoms with E-state index < -0.39 is 12.1 Å². The van der Waals surface area contributed by atoms with Crippen LogP contribution in [0.3, 0.4) is 0 Å². The van der Waals surface area contributed by atoms with Gasteiger partial charge in [0.25, 0.3) is 5.91 Å². The van der Waals surface area contributed by atoms with Crippen LogP contribution in [0.25, 0.3) is 0 Å². The molecule has 1 aromatic heterocycles. The molecule has 1 N–H and O–H groups in total. The average Bonchev–Trinajstić information content (AvgIpc) is 2.88. The number of thiophene rings is 1. The quantitative estimate of drug-likeness (QED) is 0.858. The second-order valence-electron chi connectivity index (χ2n) is 5.53. The van der Waals surface area contributed by atoms with Gasteiger partial charge in [0.15, 0.2) is 6.10 Å². The van der Waals surface area contributed by atoms with E-state index in [4.69, 9.17) is 16.3 Å². The summed E-state index contributed by atoms with van der Waals surface area (Å²) < 4.78 is 5.71. The Morgan fingerprint density at radius 3 is 2.71 bits per heavy atom. The minimum atomic E-state index is -0.799. The van der Waals surface area contributed by atoms with Crippen LogP contribution in [0.15, 0.2) is 12.1 Å². The van der Waals surface area contributed by atoms with Crippen LogP contribution in [0.4, 0.5) is 0 Å². The Balaban J connectivity index is 1.86. The lowest BCUT2D eigenvalue weighted by atomic mass is 9.86. The number of hydrogen-bond acceptors (Lipinski definition) is 4. The van der Waals surface area contributed by atoms with Crippen molar-refractivity contribution in [3.63, 3.8) is 0 Å². The molecule has 0 saturated heterocycles. The normalized spacial score (nSPS) is 23.4. The van der Waals surface area contributed by atoms with E-state index in [1.807, 2.05) is 0 Å². The van der Waals surface area contributed by atoms with Crippen LogP contribution in [0, 0.1) is 5.92 Å². The van der Waals surface area contributed by atoms with Crippen LogP contribution < -0.4 is 5.32 Å². The molecule has 1 aliphatic rings. The second kappa shape index (κ2) is 7.27. The molecule has 4 nitrogen and oxygen atoms in total. The van der Waals surface area contributed by atoms with Crippen molar-refractivity contribution >= 4 is 34.8 Å². The molecule has 1 fully saturated rings. The molecule has 3 atom stereocenters. The third-order valence-electron chi connectivity index (χ3n) is 3.87. The summed E-state index contributed by atoms with van der Waals surface area (Å²) in [4.78, 5) is 24.4. The zero-order valence-corrected chi connectivity index (χ0v) is 13.8. The monoisotopic (exact) mass is 329 g/mol. The summed E-state index contributed by atoms with van der Waals surface area (Å²) in [5.74, 6) is -0.266. The molecule has 2 rings (SSSR count). The first-order chi connectivity index (χ1) is 9.97. The first kappa shape index (κ1) is 16.3. The summed E-state index contributed by atoms with van der Waals surface area (Å²) >= 11 is 6.92. The van der Waals surface area contributed by atoms with Crippen molar-refractivity contribution in [1.82, 2.24) is 5.32 Å². The predicted molar refractivity (Wildman–Crippen MR) is 83.8 cm³/mol. The fourth-order valence-electron chi connectivity index (χ4n) is 2.53. The largest absolute Gasteiger partial charge is 0.448 e. The van der Waals surface area contributed by atoms with Gasteiger partial charge < -0.3 is 10.1 Å². The SMILES string of the molecule is C[C@H](OC(=O)c1ccc(Cl)s1)C(=O)N[C@H]1CCCC[C@H]1C. The zero-order chi connectivity index (χ0) is 15.4. The number of halogens is 1. The first-order valence-corrected chi connectivity index (χ1v) is 8.43. The molecule has 0 spiro atoms. The Labute approximate surface area is 133 Å². The number of carbonyl (C=O) groups excluding carboxylic acids is 2. The standard InChI is InChI=1S/C15H20ClNO3S/c1-9-5-3-4-6-11(9)17-14(18)10(2)20-15(19)12-7-8-13(16)21-12/h7-11H,3-6H2,1-2H3,(H,17,18)/t9-,10+,11+/m1/s1. The van der Waals surface area contributed by atoms with Crippen LogP contribution in [0.2, 0.25) is 4.34 Å². The highest BCUT2D eigenvalue weighted by molar-refractivity contribution is 7.17. The summed E-state index contributed by atoms with van der Waals surface area (Å²) in [7, 11) is 0. The fourth-order valence-corrected chi connectivity index (χ4v) is 3.45. The van der Waals surface area contributed by atoms with Crippen LogP contribution in [-0.4, -0.2) is 24.0 Å². The molecule has 1 aromatic rings. The van der Waals surface area contributed by atoms with Gasteiger partial charge in [-0.2, -0.15) is 0 Å².